The number of phosphoric ester groups is 1. The van der Waals surface area contributed by atoms with Gasteiger partial charge in [-0.3, -0.25) is 9.36 Å². The van der Waals surface area contributed by atoms with Crippen LogP contribution in [0.15, 0.2) is 36.5 Å². The quantitative estimate of drug-likeness (QED) is 0.0337. The van der Waals surface area contributed by atoms with Crippen molar-refractivity contribution in [2.75, 3.05) is 40.9 Å². The van der Waals surface area contributed by atoms with Crippen LogP contribution in [0.2, 0.25) is 0 Å². The van der Waals surface area contributed by atoms with Crippen LogP contribution in [0.3, 0.4) is 0 Å². The highest BCUT2D eigenvalue weighted by Crippen LogP contribution is 2.38. The molecule has 0 fully saturated rings. The number of allylic oxidation sites excluding steroid dienone is 5. The molecule has 1 amide bonds. The number of carbonyl (C=O) groups is 1. The Morgan fingerprint density at radius 2 is 1.24 bits per heavy atom. The first-order valence-electron chi connectivity index (χ1n) is 17.9. The summed E-state index contributed by atoms with van der Waals surface area (Å²) in [6, 6.07) is -0.902. The van der Waals surface area contributed by atoms with E-state index in [4.69, 9.17) is 9.05 Å². The molecule has 0 aliphatic rings. The summed E-state index contributed by atoms with van der Waals surface area (Å²) in [6.45, 7) is 4.53. The van der Waals surface area contributed by atoms with Crippen molar-refractivity contribution in [2.45, 2.75) is 148 Å². The van der Waals surface area contributed by atoms with Crippen molar-refractivity contribution in [1.82, 2.24) is 5.32 Å². The van der Waals surface area contributed by atoms with E-state index in [1.807, 2.05) is 27.2 Å². The predicted molar refractivity (Wildman–Crippen MR) is 187 cm³/mol. The second kappa shape index (κ2) is 28.9. The van der Waals surface area contributed by atoms with E-state index in [2.05, 4.69) is 43.5 Å². The largest absolute Gasteiger partial charge is 0.756 e. The molecule has 0 saturated carbocycles. The van der Waals surface area contributed by atoms with Crippen LogP contribution >= 0.6 is 7.82 Å². The Labute approximate surface area is 276 Å². The minimum Gasteiger partial charge on any atom is -0.756 e. The van der Waals surface area contributed by atoms with Gasteiger partial charge in [0.05, 0.1) is 39.9 Å². The molecular formula is C36H69N2O6P. The topological polar surface area (TPSA) is 108 Å². The Morgan fingerprint density at radius 1 is 0.756 bits per heavy atom. The van der Waals surface area contributed by atoms with Crippen LogP contribution in [0, 0.1) is 0 Å². The number of phosphoric acid groups is 1. The van der Waals surface area contributed by atoms with Crippen molar-refractivity contribution in [1.29, 1.82) is 0 Å². The summed E-state index contributed by atoms with van der Waals surface area (Å²) >= 11 is 0. The van der Waals surface area contributed by atoms with E-state index in [1.54, 1.807) is 6.08 Å². The van der Waals surface area contributed by atoms with Crippen LogP contribution in [-0.4, -0.2) is 68.5 Å². The lowest BCUT2D eigenvalue weighted by Crippen LogP contribution is -2.45. The Bertz CT molecular complexity index is 840. The minimum atomic E-state index is -4.58. The number of rotatable bonds is 31. The zero-order chi connectivity index (χ0) is 33.7. The molecule has 0 saturated heterocycles. The average Bonchev–Trinajstić information content (AvgIpc) is 2.97. The van der Waals surface area contributed by atoms with Crippen molar-refractivity contribution >= 4 is 13.7 Å². The van der Waals surface area contributed by atoms with Gasteiger partial charge in [-0.15, -0.1) is 0 Å². The molecule has 0 spiro atoms. The fraction of sp³-hybridized carbons (Fsp3) is 0.806. The summed E-state index contributed by atoms with van der Waals surface area (Å²) in [4.78, 5) is 25.0. The van der Waals surface area contributed by atoms with Gasteiger partial charge in [-0.25, -0.2) is 0 Å². The summed E-state index contributed by atoms with van der Waals surface area (Å²) in [5.74, 6) is -0.218. The Hall–Kier alpha value is -1.28. The third kappa shape index (κ3) is 31.1. The van der Waals surface area contributed by atoms with Crippen LogP contribution in [-0.2, 0) is 18.4 Å². The monoisotopic (exact) mass is 656 g/mol. The summed E-state index contributed by atoms with van der Waals surface area (Å²) in [5, 5.41) is 13.6. The fourth-order valence-corrected chi connectivity index (χ4v) is 5.37. The lowest BCUT2D eigenvalue weighted by Gasteiger charge is -2.29. The van der Waals surface area contributed by atoms with Crippen molar-refractivity contribution < 1.29 is 32.9 Å². The number of quaternary nitrogens is 1. The van der Waals surface area contributed by atoms with Crippen molar-refractivity contribution in [2.24, 2.45) is 0 Å². The number of hydrogen-bond donors (Lipinski definition) is 2. The Balaban J connectivity index is 4.69. The smallest absolute Gasteiger partial charge is 0.268 e. The SMILES string of the molecule is CCCCC/C=C/CC/C=C/CC/C=C/C(O)C(COP(=O)([O-])OCC[N+](C)(C)C)NC(=O)CCCCCCCCCCCC. The average molecular weight is 657 g/mol. The van der Waals surface area contributed by atoms with Crippen LogP contribution in [0.1, 0.15) is 136 Å². The molecule has 3 atom stereocenters. The van der Waals surface area contributed by atoms with E-state index >= 15 is 0 Å². The molecule has 2 N–H and O–H groups in total. The molecule has 0 heterocycles. The van der Waals surface area contributed by atoms with Crippen LogP contribution in [0.25, 0.3) is 0 Å². The first-order valence-corrected chi connectivity index (χ1v) is 19.3. The van der Waals surface area contributed by atoms with E-state index in [0.717, 1.165) is 51.4 Å². The lowest BCUT2D eigenvalue weighted by atomic mass is 10.1. The fourth-order valence-electron chi connectivity index (χ4n) is 4.65. The number of hydrogen-bond acceptors (Lipinski definition) is 6. The third-order valence-corrected chi connectivity index (χ3v) is 8.54. The van der Waals surface area contributed by atoms with Gasteiger partial charge < -0.3 is 28.8 Å². The highest BCUT2D eigenvalue weighted by molar-refractivity contribution is 7.45. The normalized spacial score (nSPS) is 15.3. The highest BCUT2D eigenvalue weighted by Gasteiger charge is 2.23. The van der Waals surface area contributed by atoms with E-state index < -0.39 is 26.6 Å². The molecule has 0 aliphatic heterocycles. The van der Waals surface area contributed by atoms with E-state index in [1.165, 1.54) is 64.2 Å². The second-order valence-corrected chi connectivity index (χ2v) is 14.6. The lowest BCUT2D eigenvalue weighted by molar-refractivity contribution is -0.870. The van der Waals surface area contributed by atoms with Gasteiger partial charge in [0.1, 0.15) is 13.2 Å². The van der Waals surface area contributed by atoms with Crippen LogP contribution in [0.5, 0.6) is 0 Å². The van der Waals surface area contributed by atoms with Gasteiger partial charge in [0, 0.05) is 6.42 Å². The summed E-state index contributed by atoms with van der Waals surface area (Å²) in [6.07, 6.45) is 31.9. The highest BCUT2D eigenvalue weighted by atomic mass is 31.2. The van der Waals surface area contributed by atoms with Gasteiger partial charge in [-0.1, -0.05) is 121 Å². The molecule has 0 radical (unpaired) electrons. The first kappa shape index (κ1) is 43.7. The Kier molecular flexibility index (Phi) is 28.1. The van der Waals surface area contributed by atoms with Gasteiger partial charge in [-0.05, 0) is 44.9 Å². The molecule has 3 unspecified atom stereocenters. The molecule has 0 aromatic carbocycles. The van der Waals surface area contributed by atoms with Crippen molar-refractivity contribution in [3.05, 3.63) is 36.5 Å². The molecule has 9 heteroatoms. The molecule has 264 valence electrons. The number of carbonyl (C=O) groups excluding carboxylic acids is 1. The zero-order valence-corrected chi connectivity index (χ0v) is 30.5. The molecule has 0 aromatic rings. The number of aliphatic hydroxyl groups is 1. The van der Waals surface area contributed by atoms with Crippen LogP contribution < -0.4 is 10.2 Å². The molecule has 0 aliphatic carbocycles. The number of amides is 1. The maximum atomic E-state index is 12.7. The van der Waals surface area contributed by atoms with Gasteiger partial charge >= 0.3 is 0 Å². The number of aliphatic hydroxyl groups excluding tert-OH is 1. The summed E-state index contributed by atoms with van der Waals surface area (Å²) in [5.41, 5.74) is 0. The van der Waals surface area contributed by atoms with Gasteiger partial charge in [0.15, 0.2) is 0 Å². The second-order valence-electron chi connectivity index (χ2n) is 13.2. The maximum absolute atomic E-state index is 12.7. The summed E-state index contributed by atoms with van der Waals surface area (Å²) < 4.78 is 23.0. The van der Waals surface area contributed by atoms with Crippen LogP contribution in [0.4, 0.5) is 0 Å². The first-order chi connectivity index (χ1) is 21.5. The molecule has 0 aromatic heterocycles. The third-order valence-electron chi connectivity index (χ3n) is 7.58. The van der Waals surface area contributed by atoms with Gasteiger partial charge in [-0.2, -0.15) is 0 Å². The molecule has 8 nitrogen and oxygen atoms in total. The predicted octanol–water partition coefficient (Wildman–Crippen LogP) is 8.16. The zero-order valence-electron chi connectivity index (χ0n) is 29.6. The van der Waals surface area contributed by atoms with E-state index in [0.29, 0.717) is 17.4 Å². The van der Waals surface area contributed by atoms with E-state index in [9.17, 15) is 19.4 Å². The summed E-state index contributed by atoms with van der Waals surface area (Å²) in [7, 11) is 1.23. The number of unbranched alkanes of at least 4 members (excludes halogenated alkanes) is 14. The van der Waals surface area contributed by atoms with Crippen molar-refractivity contribution in [3.8, 4) is 0 Å². The van der Waals surface area contributed by atoms with Crippen molar-refractivity contribution in [3.63, 3.8) is 0 Å². The maximum Gasteiger partial charge on any atom is 0.268 e. The molecular weight excluding hydrogens is 587 g/mol. The van der Waals surface area contributed by atoms with E-state index in [-0.39, 0.29) is 12.5 Å². The standard InChI is InChI=1S/C36H69N2O6P/c1-6-8-10-12-14-16-18-19-20-21-23-25-27-29-35(39)34(33-44-45(41,42)43-32-31-38(3,4)5)37-36(40)30-28-26-24-22-17-15-13-11-9-7-2/h14,16,20-21,27,29,34-35,39H,6-13,15,17-19,22-26,28,30-33H2,1-5H3,(H-,37,40,41,42)/b16-14+,21-20+,29-27+. The minimum absolute atomic E-state index is 0.00867. The number of nitrogens with zero attached hydrogens (tertiary/aromatic N) is 1. The molecule has 45 heavy (non-hydrogen) atoms. The number of nitrogens with one attached hydrogen (secondary N) is 1. The number of likely N-dealkylation sites (N-methyl/N-ethyl adjacent to an activating group) is 1. The van der Waals surface area contributed by atoms with Gasteiger partial charge in [0.2, 0.25) is 5.91 Å². The van der Waals surface area contributed by atoms with Gasteiger partial charge in [0.25, 0.3) is 7.82 Å². The molecule has 0 rings (SSSR count). The Morgan fingerprint density at radius 3 is 1.80 bits per heavy atom. The molecule has 0 bridgehead atoms.